The standard InChI is InChI=1S/C19H24ClFN4O3/c1-19(2,3)28-18(27)25-9-24(11-6-4-5-7-12(11)25)16-14(21)10-8-22-17(26)13(10)15(20)23-16/h11-12H,4-9H2,1-3H3,(H,22,26). The molecule has 1 aromatic heterocycles. The van der Waals surface area contributed by atoms with Crippen molar-refractivity contribution in [3.63, 3.8) is 0 Å². The number of rotatable bonds is 1. The highest BCUT2D eigenvalue weighted by Gasteiger charge is 2.46. The lowest BCUT2D eigenvalue weighted by atomic mass is 9.90. The zero-order valence-electron chi connectivity index (χ0n) is 16.2. The van der Waals surface area contributed by atoms with Gasteiger partial charge in [-0.15, -0.1) is 0 Å². The van der Waals surface area contributed by atoms with Crippen molar-refractivity contribution in [1.29, 1.82) is 0 Å². The monoisotopic (exact) mass is 410 g/mol. The fourth-order valence-electron chi connectivity index (χ4n) is 4.34. The van der Waals surface area contributed by atoms with Crippen molar-refractivity contribution in [2.24, 2.45) is 0 Å². The minimum atomic E-state index is -0.610. The molecule has 3 heterocycles. The number of carbonyl (C=O) groups is 2. The third kappa shape index (κ3) is 3.17. The van der Waals surface area contributed by atoms with E-state index in [2.05, 4.69) is 10.3 Å². The lowest BCUT2D eigenvalue weighted by molar-refractivity contribution is 0.0200. The number of carbonyl (C=O) groups excluding carboxylic acids is 2. The molecule has 4 rings (SSSR count). The molecular weight excluding hydrogens is 387 g/mol. The number of hydrogen-bond acceptors (Lipinski definition) is 5. The molecule has 0 spiro atoms. The number of hydrogen-bond donors (Lipinski definition) is 1. The van der Waals surface area contributed by atoms with Crippen molar-refractivity contribution < 1.29 is 18.7 Å². The van der Waals surface area contributed by atoms with Crippen molar-refractivity contribution in [3.8, 4) is 0 Å². The van der Waals surface area contributed by atoms with E-state index < -0.39 is 23.4 Å². The van der Waals surface area contributed by atoms with Gasteiger partial charge in [-0.1, -0.05) is 24.4 Å². The van der Waals surface area contributed by atoms with Gasteiger partial charge in [0.1, 0.15) is 10.8 Å². The second-order valence-electron chi connectivity index (χ2n) is 8.56. The van der Waals surface area contributed by atoms with Gasteiger partial charge < -0.3 is 15.0 Å². The van der Waals surface area contributed by atoms with Gasteiger partial charge in [0.05, 0.1) is 24.3 Å². The maximum absolute atomic E-state index is 15.2. The smallest absolute Gasteiger partial charge is 0.412 e. The molecule has 152 valence electrons. The molecular formula is C19H24ClFN4O3. The predicted octanol–water partition coefficient (Wildman–Crippen LogP) is 3.44. The number of nitrogens with one attached hydrogen (secondary N) is 1. The quantitative estimate of drug-likeness (QED) is 0.718. The Morgan fingerprint density at radius 1 is 1.29 bits per heavy atom. The molecule has 3 aliphatic rings. The molecule has 28 heavy (non-hydrogen) atoms. The van der Waals surface area contributed by atoms with E-state index in [1.54, 1.807) is 9.80 Å². The zero-order valence-corrected chi connectivity index (χ0v) is 17.0. The molecule has 9 heteroatoms. The zero-order chi connectivity index (χ0) is 20.2. The van der Waals surface area contributed by atoms with Crippen LogP contribution in [0.1, 0.15) is 62.4 Å². The summed E-state index contributed by atoms with van der Waals surface area (Å²) in [6, 6.07) is -0.112. The molecule has 2 unspecified atom stereocenters. The van der Waals surface area contributed by atoms with Gasteiger partial charge in [0.25, 0.3) is 5.91 Å². The molecule has 2 atom stereocenters. The Balaban J connectivity index is 1.70. The number of aromatic nitrogens is 1. The van der Waals surface area contributed by atoms with Crippen molar-refractivity contribution in [1.82, 2.24) is 15.2 Å². The maximum atomic E-state index is 15.2. The molecule has 2 fully saturated rings. The van der Waals surface area contributed by atoms with E-state index in [1.165, 1.54) is 0 Å². The van der Waals surface area contributed by atoms with Gasteiger partial charge in [-0.25, -0.2) is 14.2 Å². The summed E-state index contributed by atoms with van der Waals surface area (Å²) in [5.41, 5.74) is -0.268. The normalized spacial score (nSPS) is 24.1. The second kappa shape index (κ2) is 6.76. The molecule has 2 aliphatic heterocycles. The number of halogens is 2. The van der Waals surface area contributed by atoms with Gasteiger partial charge >= 0.3 is 6.09 Å². The lowest BCUT2D eigenvalue weighted by Crippen LogP contribution is -2.44. The Kier molecular flexibility index (Phi) is 4.64. The summed E-state index contributed by atoms with van der Waals surface area (Å²) in [7, 11) is 0. The van der Waals surface area contributed by atoms with Crippen LogP contribution in [0.3, 0.4) is 0 Å². The van der Waals surface area contributed by atoms with Gasteiger partial charge in [0.15, 0.2) is 11.6 Å². The van der Waals surface area contributed by atoms with Crippen LogP contribution in [-0.2, 0) is 11.3 Å². The number of pyridine rings is 1. The van der Waals surface area contributed by atoms with E-state index in [0.717, 1.165) is 25.7 Å². The number of amides is 2. The first-order valence-electron chi connectivity index (χ1n) is 9.59. The summed E-state index contributed by atoms with van der Waals surface area (Å²) in [6.45, 7) is 5.74. The topological polar surface area (TPSA) is 74.8 Å². The summed E-state index contributed by atoms with van der Waals surface area (Å²) in [5.74, 6) is -0.860. The average molecular weight is 411 g/mol. The number of nitrogens with zero attached hydrogens (tertiary/aromatic N) is 3. The van der Waals surface area contributed by atoms with Gasteiger partial charge in [-0.3, -0.25) is 9.69 Å². The van der Waals surface area contributed by atoms with Crippen molar-refractivity contribution in [2.45, 2.75) is 70.7 Å². The van der Waals surface area contributed by atoms with Crippen molar-refractivity contribution >= 4 is 29.4 Å². The van der Waals surface area contributed by atoms with Crippen LogP contribution >= 0.6 is 11.6 Å². The van der Waals surface area contributed by atoms with Crippen molar-refractivity contribution in [3.05, 3.63) is 22.1 Å². The molecule has 1 aromatic rings. The van der Waals surface area contributed by atoms with E-state index in [-0.39, 0.29) is 47.4 Å². The Hall–Kier alpha value is -2.09. The van der Waals surface area contributed by atoms with Crippen LogP contribution < -0.4 is 10.2 Å². The summed E-state index contributed by atoms with van der Waals surface area (Å²) in [4.78, 5) is 32.3. The Morgan fingerprint density at radius 2 is 1.96 bits per heavy atom. The summed E-state index contributed by atoms with van der Waals surface area (Å²) < 4.78 is 20.8. The summed E-state index contributed by atoms with van der Waals surface area (Å²) in [5, 5.41) is 2.58. The molecule has 0 aromatic carbocycles. The molecule has 2 amide bonds. The van der Waals surface area contributed by atoms with E-state index in [4.69, 9.17) is 16.3 Å². The van der Waals surface area contributed by atoms with E-state index in [1.807, 2.05) is 20.8 Å². The van der Waals surface area contributed by atoms with Gasteiger partial charge in [0, 0.05) is 12.1 Å². The van der Waals surface area contributed by atoms with Crippen molar-refractivity contribution in [2.75, 3.05) is 11.6 Å². The SMILES string of the molecule is CC(C)(C)OC(=O)N1CN(c2nc(Cl)c3c(c2F)CNC3=O)C2CCCCC21. The number of fused-ring (bicyclic) bond motifs is 2. The molecule has 0 bridgehead atoms. The fourth-order valence-corrected chi connectivity index (χ4v) is 4.62. The minimum Gasteiger partial charge on any atom is -0.444 e. The van der Waals surface area contributed by atoms with Gasteiger partial charge in [-0.05, 0) is 33.6 Å². The van der Waals surface area contributed by atoms with Crippen LogP contribution in [0, 0.1) is 5.82 Å². The highest BCUT2D eigenvalue weighted by atomic mass is 35.5. The highest BCUT2D eigenvalue weighted by molar-refractivity contribution is 6.33. The van der Waals surface area contributed by atoms with E-state index >= 15 is 4.39 Å². The summed E-state index contributed by atoms with van der Waals surface area (Å²) in [6.07, 6.45) is 3.27. The van der Waals surface area contributed by atoms with Crippen LogP contribution in [0.2, 0.25) is 5.15 Å². The first-order chi connectivity index (χ1) is 13.2. The third-order valence-corrected chi connectivity index (χ3v) is 5.80. The molecule has 1 saturated heterocycles. The van der Waals surface area contributed by atoms with Crippen LogP contribution in [0.25, 0.3) is 0 Å². The first-order valence-corrected chi connectivity index (χ1v) is 9.97. The Morgan fingerprint density at radius 3 is 2.64 bits per heavy atom. The summed E-state index contributed by atoms with van der Waals surface area (Å²) >= 11 is 6.21. The Labute approximate surface area is 168 Å². The van der Waals surface area contributed by atoms with Crippen LogP contribution in [0.5, 0.6) is 0 Å². The van der Waals surface area contributed by atoms with Gasteiger partial charge in [0.2, 0.25) is 0 Å². The lowest BCUT2D eigenvalue weighted by Gasteiger charge is -2.33. The molecule has 1 aliphatic carbocycles. The van der Waals surface area contributed by atoms with Gasteiger partial charge in [-0.2, -0.15) is 0 Å². The largest absolute Gasteiger partial charge is 0.444 e. The van der Waals surface area contributed by atoms with E-state index in [0.29, 0.717) is 0 Å². The Bertz CT molecular complexity index is 841. The van der Waals surface area contributed by atoms with E-state index in [9.17, 15) is 9.59 Å². The maximum Gasteiger partial charge on any atom is 0.412 e. The second-order valence-corrected chi connectivity index (χ2v) is 8.91. The van der Waals surface area contributed by atoms with Crippen LogP contribution in [0.4, 0.5) is 15.0 Å². The first kappa shape index (κ1) is 19.2. The third-order valence-electron chi connectivity index (χ3n) is 5.53. The predicted molar refractivity (Wildman–Crippen MR) is 102 cm³/mol. The minimum absolute atomic E-state index is 0.00974. The molecule has 1 saturated carbocycles. The number of anilines is 1. The molecule has 7 nitrogen and oxygen atoms in total. The number of ether oxygens (including phenoxy) is 1. The van der Waals surface area contributed by atoms with Crippen LogP contribution in [-0.4, -0.2) is 46.2 Å². The molecule has 0 radical (unpaired) electrons. The van der Waals surface area contributed by atoms with Crippen LogP contribution in [0.15, 0.2) is 0 Å². The highest BCUT2D eigenvalue weighted by Crippen LogP contribution is 2.39. The average Bonchev–Trinajstić information content (AvgIpc) is 3.18. The fraction of sp³-hybridized carbons (Fsp3) is 0.632. The molecule has 1 N–H and O–H groups in total.